The number of para-hydroxylation sites is 1. The summed E-state index contributed by atoms with van der Waals surface area (Å²) in [7, 11) is 0. The molecule has 0 aromatic heterocycles. The first kappa shape index (κ1) is 21.6. The zero-order chi connectivity index (χ0) is 21.7. The molecule has 1 aliphatic heterocycles. The molecule has 3 rings (SSSR count). The van der Waals surface area contributed by atoms with Crippen LogP contribution >= 0.6 is 12.2 Å². The molecule has 3 N–H and O–H groups in total. The standard InChI is InChI=1S/C24H27N3O2S/c1-5-13-29-18-10-8-9-17(14-18)22-21(16(4)25-24(30)27-22)23(28)26-20-12-7-6-11-19(20)15(2)3/h5-12,14-15,22H,1,13H2,2-4H3,(H,26,28)(H2,25,27,30)/t22-/m1/s1. The second kappa shape index (κ2) is 9.59. The van der Waals surface area contributed by atoms with Crippen LogP contribution in [0.2, 0.25) is 0 Å². The number of amides is 1. The van der Waals surface area contributed by atoms with Gasteiger partial charge in [-0.05, 0) is 54.4 Å². The van der Waals surface area contributed by atoms with Crippen LogP contribution < -0.4 is 20.7 Å². The molecule has 1 aliphatic rings. The maximum atomic E-state index is 13.4. The van der Waals surface area contributed by atoms with Crippen LogP contribution in [0.5, 0.6) is 5.75 Å². The van der Waals surface area contributed by atoms with Crippen molar-refractivity contribution in [2.75, 3.05) is 11.9 Å². The Morgan fingerprint density at radius 2 is 2.03 bits per heavy atom. The summed E-state index contributed by atoms with van der Waals surface area (Å²) in [5, 5.41) is 9.87. The van der Waals surface area contributed by atoms with Gasteiger partial charge in [-0.3, -0.25) is 4.79 Å². The number of thiocarbonyl (C=S) groups is 1. The second-order valence-corrected chi connectivity index (χ2v) is 7.85. The number of allylic oxidation sites excluding steroid dienone is 1. The number of hydrogen-bond donors (Lipinski definition) is 3. The van der Waals surface area contributed by atoms with Crippen molar-refractivity contribution in [2.24, 2.45) is 0 Å². The first-order valence-electron chi connectivity index (χ1n) is 9.93. The summed E-state index contributed by atoms with van der Waals surface area (Å²) in [6.45, 7) is 10.2. The summed E-state index contributed by atoms with van der Waals surface area (Å²) in [6.07, 6.45) is 1.69. The van der Waals surface area contributed by atoms with E-state index in [0.717, 1.165) is 22.5 Å². The summed E-state index contributed by atoms with van der Waals surface area (Å²) in [4.78, 5) is 13.4. The summed E-state index contributed by atoms with van der Waals surface area (Å²) in [6, 6.07) is 15.1. The molecule has 2 aromatic carbocycles. The van der Waals surface area contributed by atoms with Gasteiger partial charge in [0.1, 0.15) is 12.4 Å². The number of carbonyl (C=O) groups excluding carboxylic acids is 1. The third-order valence-electron chi connectivity index (χ3n) is 4.90. The second-order valence-electron chi connectivity index (χ2n) is 7.44. The predicted octanol–water partition coefficient (Wildman–Crippen LogP) is 4.81. The van der Waals surface area contributed by atoms with Crippen molar-refractivity contribution in [1.29, 1.82) is 0 Å². The Morgan fingerprint density at radius 3 is 2.77 bits per heavy atom. The highest BCUT2D eigenvalue weighted by Crippen LogP contribution is 2.31. The highest BCUT2D eigenvalue weighted by molar-refractivity contribution is 7.80. The SMILES string of the molecule is C=CCOc1cccc([C@H]2NC(=S)NC(C)=C2C(=O)Nc2ccccc2C(C)C)c1. The van der Waals surface area contributed by atoms with E-state index in [9.17, 15) is 4.79 Å². The number of rotatable bonds is 7. The van der Waals surface area contributed by atoms with Gasteiger partial charge in [-0.25, -0.2) is 0 Å². The molecule has 0 saturated heterocycles. The van der Waals surface area contributed by atoms with Crippen molar-refractivity contribution < 1.29 is 9.53 Å². The molecular weight excluding hydrogens is 394 g/mol. The maximum absolute atomic E-state index is 13.4. The first-order chi connectivity index (χ1) is 14.4. The van der Waals surface area contributed by atoms with Crippen molar-refractivity contribution in [3.05, 3.63) is 83.6 Å². The topological polar surface area (TPSA) is 62.4 Å². The Labute approximate surface area is 183 Å². The molecule has 6 heteroatoms. The van der Waals surface area contributed by atoms with Crippen LogP contribution in [-0.2, 0) is 4.79 Å². The van der Waals surface area contributed by atoms with Gasteiger partial charge in [-0.2, -0.15) is 0 Å². The Hall–Kier alpha value is -3.12. The fraction of sp³-hybridized carbons (Fsp3) is 0.250. The molecule has 0 fully saturated rings. The normalized spacial score (nSPS) is 16.0. The molecular formula is C24H27N3O2S. The molecule has 2 aromatic rings. The van der Waals surface area contributed by atoms with E-state index in [-0.39, 0.29) is 5.91 Å². The molecule has 0 saturated carbocycles. The lowest BCUT2D eigenvalue weighted by molar-refractivity contribution is -0.113. The minimum Gasteiger partial charge on any atom is -0.490 e. The summed E-state index contributed by atoms with van der Waals surface area (Å²) < 4.78 is 5.66. The van der Waals surface area contributed by atoms with Crippen molar-refractivity contribution in [1.82, 2.24) is 10.6 Å². The minimum atomic E-state index is -0.391. The van der Waals surface area contributed by atoms with Gasteiger partial charge in [0.05, 0.1) is 11.6 Å². The number of hydrogen-bond acceptors (Lipinski definition) is 3. The molecule has 5 nitrogen and oxygen atoms in total. The number of anilines is 1. The van der Waals surface area contributed by atoms with E-state index in [1.807, 2.05) is 55.5 Å². The fourth-order valence-corrected chi connectivity index (χ4v) is 3.76. The number of ether oxygens (including phenoxy) is 1. The van der Waals surface area contributed by atoms with Crippen LogP contribution in [0.15, 0.2) is 72.5 Å². The van der Waals surface area contributed by atoms with E-state index in [4.69, 9.17) is 17.0 Å². The maximum Gasteiger partial charge on any atom is 0.255 e. The quantitative estimate of drug-likeness (QED) is 0.443. The first-order valence-corrected chi connectivity index (χ1v) is 10.3. The molecule has 0 aliphatic carbocycles. The van der Waals surface area contributed by atoms with Crippen molar-refractivity contribution >= 4 is 28.9 Å². The molecule has 0 radical (unpaired) electrons. The average Bonchev–Trinajstić information content (AvgIpc) is 2.72. The van der Waals surface area contributed by atoms with E-state index in [1.165, 1.54) is 0 Å². The number of nitrogens with one attached hydrogen (secondary N) is 3. The third-order valence-corrected chi connectivity index (χ3v) is 5.12. The fourth-order valence-electron chi connectivity index (χ4n) is 3.49. The van der Waals surface area contributed by atoms with Crippen LogP contribution in [0.3, 0.4) is 0 Å². The molecule has 1 amide bonds. The molecule has 0 spiro atoms. The van der Waals surface area contributed by atoms with Crippen molar-refractivity contribution in [2.45, 2.75) is 32.7 Å². The molecule has 156 valence electrons. The van der Waals surface area contributed by atoms with E-state index in [0.29, 0.717) is 29.0 Å². The van der Waals surface area contributed by atoms with Gasteiger partial charge in [0.25, 0.3) is 5.91 Å². The highest BCUT2D eigenvalue weighted by Gasteiger charge is 2.30. The third kappa shape index (κ3) is 4.89. The summed E-state index contributed by atoms with van der Waals surface area (Å²) in [5.41, 5.74) is 4.10. The Morgan fingerprint density at radius 1 is 1.27 bits per heavy atom. The molecule has 1 atom stereocenters. The average molecular weight is 422 g/mol. The van der Waals surface area contributed by atoms with E-state index >= 15 is 0 Å². The van der Waals surface area contributed by atoms with Crippen LogP contribution in [0.1, 0.15) is 43.9 Å². The van der Waals surface area contributed by atoms with Crippen molar-refractivity contribution in [3.8, 4) is 5.75 Å². The van der Waals surface area contributed by atoms with E-state index in [1.54, 1.807) is 6.08 Å². The van der Waals surface area contributed by atoms with Gasteiger partial charge >= 0.3 is 0 Å². The van der Waals surface area contributed by atoms with Gasteiger partial charge in [0.15, 0.2) is 5.11 Å². The summed E-state index contributed by atoms with van der Waals surface area (Å²) >= 11 is 5.35. The molecule has 0 bridgehead atoms. The zero-order valence-corrected chi connectivity index (χ0v) is 18.3. The van der Waals surface area contributed by atoms with Crippen LogP contribution in [0.4, 0.5) is 5.69 Å². The smallest absolute Gasteiger partial charge is 0.255 e. The van der Waals surface area contributed by atoms with Crippen molar-refractivity contribution in [3.63, 3.8) is 0 Å². The van der Waals surface area contributed by atoms with Crippen LogP contribution in [-0.4, -0.2) is 17.6 Å². The zero-order valence-electron chi connectivity index (χ0n) is 17.5. The lowest BCUT2D eigenvalue weighted by Crippen LogP contribution is -2.45. The molecule has 0 unspecified atom stereocenters. The van der Waals surface area contributed by atoms with E-state index < -0.39 is 6.04 Å². The van der Waals surface area contributed by atoms with Crippen LogP contribution in [0.25, 0.3) is 0 Å². The van der Waals surface area contributed by atoms with Gasteiger partial charge in [-0.1, -0.05) is 56.8 Å². The number of benzene rings is 2. The Kier molecular flexibility index (Phi) is 6.90. The molecule has 1 heterocycles. The van der Waals surface area contributed by atoms with Gasteiger partial charge in [-0.15, -0.1) is 0 Å². The highest BCUT2D eigenvalue weighted by atomic mass is 32.1. The number of carbonyl (C=O) groups is 1. The predicted molar refractivity (Wildman–Crippen MR) is 126 cm³/mol. The molecule has 30 heavy (non-hydrogen) atoms. The monoisotopic (exact) mass is 421 g/mol. The Balaban J connectivity index is 1.95. The van der Waals surface area contributed by atoms with Gasteiger partial charge in [0.2, 0.25) is 0 Å². The minimum absolute atomic E-state index is 0.175. The van der Waals surface area contributed by atoms with Gasteiger partial charge in [0, 0.05) is 11.4 Å². The van der Waals surface area contributed by atoms with Gasteiger partial charge < -0.3 is 20.7 Å². The Bertz CT molecular complexity index is 997. The summed E-state index contributed by atoms with van der Waals surface area (Å²) in [5.74, 6) is 0.827. The van der Waals surface area contributed by atoms with Crippen LogP contribution in [0, 0.1) is 0 Å². The lowest BCUT2D eigenvalue weighted by atomic mass is 9.94. The van der Waals surface area contributed by atoms with E-state index in [2.05, 4.69) is 36.4 Å². The lowest BCUT2D eigenvalue weighted by Gasteiger charge is -2.30. The largest absolute Gasteiger partial charge is 0.490 e.